The molecule has 3 saturated carbocycles. The molecule has 0 radical (unpaired) electrons. The molecule has 5 aliphatic rings. The first kappa shape index (κ1) is 23.0. The van der Waals surface area contributed by atoms with Crippen LogP contribution in [0.3, 0.4) is 0 Å². The topological polar surface area (TPSA) is 53.9 Å². The number of rotatable bonds is 4. The Balaban J connectivity index is 1.34. The molecular formula is C26H42N4OS. The van der Waals surface area contributed by atoms with Crippen molar-refractivity contribution >= 4 is 11.0 Å². The Morgan fingerprint density at radius 3 is 2.78 bits per heavy atom. The van der Waals surface area contributed by atoms with Crippen LogP contribution in [0.1, 0.15) is 65.2 Å². The molecule has 4 fully saturated rings. The minimum Gasteiger partial charge on any atom is -0.314 e. The summed E-state index contributed by atoms with van der Waals surface area (Å²) in [4.78, 5) is 6.01. The second kappa shape index (κ2) is 8.18. The number of nitrogens with two attached hydrogens (primary N) is 1. The molecule has 0 aromatic heterocycles. The molecule has 178 valence electrons. The molecule has 4 aliphatic carbocycles. The average Bonchev–Trinajstić information content (AvgIpc) is 3.26. The van der Waals surface area contributed by atoms with Crippen LogP contribution in [0.2, 0.25) is 0 Å². The van der Waals surface area contributed by atoms with Gasteiger partial charge in [-0.05, 0) is 99.8 Å². The maximum absolute atomic E-state index is 12.8. The normalized spacial score (nSPS) is 47.6. The number of nitrogens with zero attached hydrogens (tertiary/aromatic N) is 3. The molecule has 0 bridgehead atoms. The lowest BCUT2D eigenvalue weighted by atomic mass is 9.47. The number of likely N-dealkylation sites (tertiary alicyclic amines) is 1. The first-order valence-electron chi connectivity index (χ1n) is 12.8. The zero-order valence-corrected chi connectivity index (χ0v) is 21.2. The fourth-order valence-electron chi connectivity index (χ4n) is 9.27. The summed E-state index contributed by atoms with van der Waals surface area (Å²) in [5, 5.41) is -0.577. The van der Waals surface area contributed by atoms with Crippen LogP contribution in [0.4, 0.5) is 0 Å². The van der Waals surface area contributed by atoms with E-state index in [4.69, 9.17) is 12.3 Å². The van der Waals surface area contributed by atoms with Crippen LogP contribution in [-0.4, -0.2) is 58.1 Å². The van der Waals surface area contributed by atoms with Crippen molar-refractivity contribution in [2.24, 2.45) is 40.2 Å². The molecule has 2 N–H and O–H groups in total. The molecule has 1 saturated heterocycles. The lowest BCUT2D eigenvalue weighted by Crippen LogP contribution is -2.53. The zero-order chi connectivity index (χ0) is 22.8. The van der Waals surface area contributed by atoms with Crippen LogP contribution < -0.4 is 5.73 Å². The summed E-state index contributed by atoms with van der Waals surface area (Å²) in [6.07, 6.45) is 12.9. The van der Waals surface area contributed by atoms with Gasteiger partial charge in [0.05, 0.1) is 0 Å². The van der Waals surface area contributed by atoms with Crippen molar-refractivity contribution in [1.29, 1.82) is 0 Å². The highest BCUT2D eigenvalue weighted by atomic mass is 32.2. The zero-order valence-electron chi connectivity index (χ0n) is 20.4. The molecule has 2 unspecified atom stereocenters. The van der Waals surface area contributed by atoms with Gasteiger partial charge in [0, 0.05) is 25.7 Å². The van der Waals surface area contributed by atoms with Crippen molar-refractivity contribution in [3.05, 3.63) is 23.1 Å². The number of fused-ring (bicyclic) bond motifs is 4. The Bertz CT molecular complexity index is 853. The molecule has 5 nitrogen and oxygen atoms in total. The summed E-state index contributed by atoms with van der Waals surface area (Å²) in [7, 11) is 3.01. The molecule has 1 heterocycles. The van der Waals surface area contributed by atoms with Gasteiger partial charge in [0.15, 0.2) is 5.37 Å². The number of allylic oxidation sites excluding steroid dienone is 1. The van der Waals surface area contributed by atoms with Gasteiger partial charge in [0.25, 0.3) is 0 Å². The van der Waals surface area contributed by atoms with Gasteiger partial charge in [0.1, 0.15) is 11.0 Å². The van der Waals surface area contributed by atoms with Crippen molar-refractivity contribution in [3.8, 4) is 0 Å². The van der Waals surface area contributed by atoms with E-state index in [1.165, 1.54) is 45.1 Å². The van der Waals surface area contributed by atoms with E-state index in [0.717, 1.165) is 42.6 Å². The lowest BCUT2D eigenvalue weighted by Gasteiger charge is -2.58. The van der Waals surface area contributed by atoms with Gasteiger partial charge in [-0.15, -0.1) is 0 Å². The predicted octanol–water partition coefficient (Wildman–Crippen LogP) is 4.05. The van der Waals surface area contributed by atoms with E-state index >= 15 is 0 Å². The van der Waals surface area contributed by atoms with E-state index in [2.05, 4.69) is 36.7 Å². The fraction of sp³-hybridized carbons (Fsp3) is 0.885. The van der Waals surface area contributed by atoms with Gasteiger partial charge in [-0.25, -0.2) is 15.1 Å². The molecule has 0 amide bonds. The summed E-state index contributed by atoms with van der Waals surface area (Å²) in [6.45, 7) is 13.5. The molecule has 0 aromatic rings. The smallest absolute Gasteiger partial charge is 0.242 e. The summed E-state index contributed by atoms with van der Waals surface area (Å²) in [5.41, 5.74) is 8.55. The second-order valence-corrected chi connectivity index (χ2v) is 13.7. The Hall–Kier alpha value is -0.740. The van der Waals surface area contributed by atoms with Crippen molar-refractivity contribution in [3.63, 3.8) is 0 Å². The van der Waals surface area contributed by atoms with E-state index in [0.29, 0.717) is 10.8 Å². The summed E-state index contributed by atoms with van der Waals surface area (Å²) >= 11 is 0. The second-order valence-electron chi connectivity index (χ2n) is 12.0. The molecule has 1 aliphatic heterocycles. The maximum Gasteiger partial charge on any atom is 0.242 e. The molecule has 32 heavy (non-hydrogen) atoms. The Morgan fingerprint density at radius 2 is 2.03 bits per heavy atom. The van der Waals surface area contributed by atoms with E-state index in [9.17, 15) is 4.21 Å². The van der Waals surface area contributed by atoms with Crippen LogP contribution in [-0.2, 0) is 11.0 Å². The van der Waals surface area contributed by atoms with Gasteiger partial charge in [-0.3, -0.25) is 0 Å². The van der Waals surface area contributed by atoms with E-state index in [1.807, 2.05) is 11.4 Å². The highest BCUT2D eigenvalue weighted by Gasteiger charge is 2.64. The van der Waals surface area contributed by atoms with Crippen LogP contribution in [0, 0.1) is 41.1 Å². The molecule has 6 heteroatoms. The Labute approximate surface area is 197 Å². The third-order valence-electron chi connectivity index (χ3n) is 11.0. The SMILES string of the molecule is [C-]#[N+]C[C@@H](N)S(=O)N(C)[C@H]1CC[C@@]2(C)C(=CC[C@@H]3C2CC[C@]24CN(C)[C@@H](C)[C@H]2CC[C@@H]34)C1. The molecule has 1 spiro atoms. The summed E-state index contributed by atoms with van der Waals surface area (Å²) in [5.74, 6) is 3.50. The van der Waals surface area contributed by atoms with E-state index in [-0.39, 0.29) is 12.6 Å². The standard InChI is InChI=1S/C26H42N4OS/c1-17-21-8-9-23-20-7-6-18-14-19(30(5)32(31)24(27)15-28-3)10-12-25(18,2)22(20)11-13-26(21,23)16-29(17)4/h6,17,19-24H,7-16,27H2,1-2,4-5H3/t17-,19-,20+,21+,22?,23-,24-,25-,26-,32?/m0/s1. The highest BCUT2D eigenvalue weighted by molar-refractivity contribution is 7.83. The molecule has 5 rings (SSSR count). The summed E-state index contributed by atoms with van der Waals surface area (Å²) < 4.78 is 14.8. The third kappa shape index (κ3) is 3.21. The van der Waals surface area contributed by atoms with Crippen LogP contribution in [0.25, 0.3) is 4.85 Å². The van der Waals surface area contributed by atoms with Gasteiger partial charge in [-0.2, -0.15) is 0 Å². The number of hydrogen-bond donors (Lipinski definition) is 1. The Kier molecular flexibility index (Phi) is 5.89. The largest absolute Gasteiger partial charge is 0.314 e. The van der Waals surface area contributed by atoms with Crippen LogP contribution in [0.5, 0.6) is 0 Å². The maximum atomic E-state index is 12.8. The fourth-order valence-corrected chi connectivity index (χ4v) is 10.4. The predicted molar refractivity (Wildman–Crippen MR) is 131 cm³/mol. The Morgan fingerprint density at radius 1 is 1.28 bits per heavy atom. The summed E-state index contributed by atoms with van der Waals surface area (Å²) in [6, 6.07) is 1.03. The van der Waals surface area contributed by atoms with Crippen LogP contribution in [0.15, 0.2) is 11.6 Å². The van der Waals surface area contributed by atoms with E-state index < -0.39 is 16.4 Å². The highest BCUT2D eigenvalue weighted by Crippen LogP contribution is 2.68. The molecule has 10 atom stereocenters. The van der Waals surface area contributed by atoms with Gasteiger partial charge >= 0.3 is 0 Å². The monoisotopic (exact) mass is 458 g/mol. The quantitative estimate of drug-likeness (QED) is 0.511. The minimum absolute atomic E-state index is 0.131. The first-order valence-corrected chi connectivity index (χ1v) is 14.0. The number of hydrogen-bond acceptors (Lipinski definition) is 3. The third-order valence-corrected chi connectivity index (χ3v) is 12.5. The van der Waals surface area contributed by atoms with Gasteiger partial charge in [0.2, 0.25) is 6.54 Å². The lowest BCUT2D eigenvalue weighted by molar-refractivity contribution is -0.0418. The van der Waals surface area contributed by atoms with Crippen molar-refractivity contribution in [2.45, 2.75) is 82.7 Å². The molecular weight excluding hydrogens is 416 g/mol. The van der Waals surface area contributed by atoms with Gasteiger partial charge in [-0.1, -0.05) is 18.6 Å². The van der Waals surface area contributed by atoms with Crippen molar-refractivity contribution in [1.82, 2.24) is 9.21 Å². The van der Waals surface area contributed by atoms with Gasteiger partial charge < -0.3 is 15.5 Å². The van der Waals surface area contributed by atoms with Crippen molar-refractivity contribution < 1.29 is 4.21 Å². The minimum atomic E-state index is -1.29. The average molecular weight is 459 g/mol. The van der Waals surface area contributed by atoms with Crippen LogP contribution >= 0.6 is 0 Å². The molecule has 0 aromatic carbocycles. The first-order chi connectivity index (χ1) is 15.2. The van der Waals surface area contributed by atoms with E-state index in [1.54, 1.807) is 5.57 Å². The van der Waals surface area contributed by atoms with Crippen molar-refractivity contribution in [2.75, 3.05) is 27.2 Å².